The van der Waals surface area contributed by atoms with Crippen LogP contribution >= 0.6 is 0 Å². The summed E-state index contributed by atoms with van der Waals surface area (Å²) in [5.74, 6) is 0.625. The number of carbonyl (C=O) groups excluding carboxylic acids is 2. The second kappa shape index (κ2) is 4.81. The molecule has 1 aliphatic rings. The summed E-state index contributed by atoms with van der Waals surface area (Å²) < 4.78 is 5.82. The lowest BCUT2D eigenvalue weighted by atomic mass is 9.99. The SMILES string of the molecule is CCc1c(Oc2ccccc2)ccc2c1C(=O)NC2=O. The van der Waals surface area contributed by atoms with Crippen LogP contribution in [0.5, 0.6) is 11.5 Å². The van der Waals surface area contributed by atoms with Crippen molar-refractivity contribution in [2.75, 3.05) is 0 Å². The topological polar surface area (TPSA) is 55.4 Å². The third-order valence-electron chi connectivity index (χ3n) is 3.29. The molecule has 0 saturated heterocycles. The van der Waals surface area contributed by atoms with Crippen LogP contribution in [0.1, 0.15) is 33.2 Å². The van der Waals surface area contributed by atoms with Gasteiger partial charge >= 0.3 is 0 Å². The highest BCUT2D eigenvalue weighted by Gasteiger charge is 2.30. The minimum absolute atomic E-state index is 0.342. The van der Waals surface area contributed by atoms with E-state index in [2.05, 4.69) is 5.32 Å². The zero-order chi connectivity index (χ0) is 14.1. The number of benzene rings is 2. The molecule has 0 spiro atoms. The summed E-state index contributed by atoms with van der Waals surface area (Å²) >= 11 is 0. The summed E-state index contributed by atoms with van der Waals surface area (Å²) in [5.41, 5.74) is 1.62. The van der Waals surface area contributed by atoms with Crippen molar-refractivity contribution in [3.63, 3.8) is 0 Å². The Hall–Kier alpha value is -2.62. The molecule has 100 valence electrons. The highest BCUT2D eigenvalue weighted by Crippen LogP contribution is 2.32. The first-order valence-corrected chi connectivity index (χ1v) is 6.45. The Morgan fingerprint density at radius 2 is 1.75 bits per heavy atom. The fourth-order valence-corrected chi connectivity index (χ4v) is 2.37. The molecule has 2 amide bonds. The van der Waals surface area contributed by atoms with Crippen LogP contribution in [0.2, 0.25) is 0 Å². The molecule has 0 bridgehead atoms. The Bertz CT molecular complexity index is 692. The maximum Gasteiger partial charge on any atom is 0.259 e. The number of para-hydroxylation sites is 1. The summed E-state index contributed by atoms with van der Waals surface area (Å²) in [6.07, 6.45) is 0.617. The molecule has 2 aromatic rings. The average Bonchev–Trinajstić information content (AvgIpc) is 2.75. The predicted molar refractivity (Wildman–Crippen MR) is 74.1 cm³/mol. The molecule has 4 heteroatoms. The monoisotopic (exact) mass is 267 g/mol. The molecule has 0 atom stereocenters. The molecule has 3 rings (SSSR count). The van der Waals surface area contributed by atoms with Gasteiger partial charge in [0.2, 0.25) is 0 Å². The fraction of sp³-hybridized carbons (Fsp3) is 0.125. The molecule has 1 N–H and O–H groups in total. The minimum atomic E-state index is -0.347. The second-order valence-corrected chi connectivity index (χ2v) is 4.52. The van der Waals surface area contributed by atoms with E-state index in [4.69, 9.17) is 4.74 Å². The van der Waals surface area contributed by atoms with Gasteiger partial charge in [-0.15, -0.1) is 0 Å². The molecule has 0 aliphatic carbocycles. The standard InChI is InChI=1S/C16H13NO3/c1-2-11-13(20-10-6-4-3-5-7-10)9-8-12-14(11)16(19)17-15(12)18/h3-9H,2H2,1H3,(H,17,18,19). The average molecular weight is 267 g/mol. The summed E-state index contributed by atoms with van der Waals surface area (Å²) in [5, 5.41) is 2.31. The highest BCUT2D eigenvalue weighted by atomic mass is 16.5. The lowest BCUT2D eigenvalue weighted by molar-refractivity contribution is 0.0879. The van der Waals surface area contributed by atoms with Crippen molar-refractivity contribution in [1.82, 2.24) is 5.32 Å². The number of hydrogen-bond donors (Lipinski definition) is 1. The maximum atomic E-state index is 11.9. The number of amides is 2. The molecule has 0 radical (unpaired) electrons. The number of rotatable bonds is 3. The van der Waals surface area contributed by atoms with E-state index in [0.717, 1.165) is 5.56 Å². The Morgan fingerprint density at radius 3 is 2.45 bits per heavy atom. The Morgan fingerprint density at radius 1 is 1.00 bits per heavy atom. The van der Waals surface area contributed by atoms with Crippen molar-refractivity contribution in [3.05, 3.63) is 59.2 Å². The normalized spacial score (nSPS) is 13.1. The van der Waals surface area contributed by atoms with Gasteiger partial charge in [0.05, 0.1) is 11.1 Å². The van der Waals surface area contributed by atoms with Gasteiger partial charge in [-0.25, -0.2) is 0 Å². The van der Waals surface area contributed by atoms with Crippen molar-refractivity contribution in [2.24, 2.45) is 0 Å². The summed E-state index contributed by atoms with van der Waals surface area (Å²) in [6, 6.07) is 12.7. The van der Waals surface area contributed by atoms with Gasteiger partial charge in [0, 0.05) is 5.56 Å². The molecular weight excluding hydrogens is 254 g/mol. The molecular formula is C16H13NO3. The van der Waals surface area contributed by atoms with E-state index in [-0.39, 0.29) is 11.8 Å². The van der Waals surface area contributed by atoms with Gasteiger partial charge in [-0.2, -0.15) is 0 Å². The smallest absolute Gasteiger partial charge is 0.259 e. The van der Waals surface area contributed by atoms with E-state index in [1.165, 1.54) is 0 Å². The van der Waals surface area contributed by atoms with Crippen molar-refractivity contribution in [3.8, 4) is 11.5 Å². The first kappa shape index (κ1) is 12.4. The lowest BCUT2D eigenvalue weighted by Gasteiger charge is -2.12. The van der Waals surface area contributed by atoms with E-state index in [0.29, 0.717) is 29.0 Å². The number of fused-ring (bicyclic) bond motifs is 1. The molecule has 0 aromatic heterocycles. The van der Waals surface area contributed by atoms with E-state index >= 15 is 0 Å². The minimum Gasteiger partial charge on any atom is -0.457 e. The van der Waals surface area contributed by atoms with Gasteiger partial charge in [-0.1, -0.05) is 25.1 Å². The van der Waals surface area contributed by atoms with E-state index < -0.39 is 0 Å². The summed E-state index contributed by atoms with van der Waals surface area (Å²) in [7, 11) is 0. The zero-order valence-electron chi connectivity index (χ0n) is 11.0. The number of nitrogens with one attached hydrogen (secondary N) is 1. The predicted octanol–water partition coefficient (Wildman–Crippen LogP) is 2.92. The zero-order valence-corrected chi connectivity index (χ0v) is 11.0. The molecule has 0 unspecified atom stereocenters. The van der Waals surface area contributed by atoms with Crippen LogP contribution in [0.25, 0.3) is 0 Å². The first-order chi connectivity index (χ1) is 9.70. The van der Waals surface area contributed by atoms with Crippen LogP contribution in [0.4, 0.5) is 0 Å². The molecule has 20 heavy (non-hydrogen) atoms. The Kier molecular flexibility index (Phi) is 2.99. The molecule has 0 fully saturated rings. The van der Waals surface area contributed by atoms with Crippen LogP contribution in [0, 0.1) is 0 Å². The van der Waals surface area contributed by atoms with Gasteiger partial charge < -0.3 is 4.74 Å². The van der Waals surface area contributed by atoms with Crippen molar-refractivity contribution >= 4 is 11.8 Å². The maximum absolute atomic E-state index is 11.9. The first-order valence-electron chi connectivity index (χ1n) is 6.45. The van der Waals surface area contributed by atoms with Gasteiger partial charge in [0.15, 0.2) is 0 Å². The van der Waals surface area contributed by atoms with E-state index in [1.807, 2.05) is 37.3 Å². The van der Waals surface area contributed by atoms with Crippen molar-refractivity contribution < 1.29 is 14.3 Å². The molecule has 2 aromatic carbocycles. The molecule has 1 aliphatic heterocycles. The number of imide groups is 1. The molecule has 0 saturated carbocycles. The quantitative estimate of drug-likeness (QED) is 0.870. The van der Waals surface area contributed by atoms with Crippen LogP contribution in [0.3, 0.4) is 0 Å². The van der Waals surface area contributed by atoms with E-state index in [9.17, 15) is 9.59 Å². The second-order valence-electron chi connectivity index (χ2n) is 4.52. The van der Waals surface area contributed by atoms with Crippen molar-refractivity contribution in [2.45, 2.75) is 13.3 Å². The van der Waals surface area contributed by atoms with Gasteiger partial charge in [-0.05, 0) is 30.7 Å². The largest absolute Gasteiger partial charge is 0.457 e. The van der Waals surface area contributed by atoms with Crippen LogP contribution in [-0.2, 0) is 6.42 Å². The lowest BCUT2D eigenvalue weighted by Crippen LogP contribution is -2.20. The number of hydrogen-bond acceptors (Lipinski definition) is 3. The van der Waals surface area contributed by atoms with Crippen molar-refractivity contribution in [1.29, 1.82) is 0 Å². The third kappa shape index (κ3) is 1.95. The van der Waals surface area contributed by atoms with Gasteiger partial charge in [-0.3, -0.25) is 14.9 Å². The summed E-state index contributed by atoms with van der Waals surface area (Å²) in [6.45, 7) is 1.93. The van der Waals surface area contributed by atoms with Crippen LogP contribution in [0.15, 0.2) is 42.5 Å². The van der Waals surface area contributed by atoms with Crippen LogP contribution < -0.4 is 10.1 Å². The Balaban J connectivity index is 2.07. The fourth-order valence-electron chi connectivity index (χ4n) is 2.37. The third-order valence-corrected chi connectivity index (χ3v) is 3.29. The summed E-state index contributed by atoms with van der Waals surface area (Å²) in [4.78, 5) is 23.5. The number of ether oxygens (including phenoxy) is 1. The highest BCUT2D eigenvalue weighted by molar-refractivity contribution is 6.22. The Labute approximate surface area is 116 Å². The van der Waals surface area contributed by atoms with E-state index in [1.54, 1.807) is 12.1 Å². The molecule has 1 heterocycles. The van der Waals surface area contributed by atoms with Gasteiger partial charge in [0.1, 0.15) is 11.5 Å². The van der Waals surface area contributed by atoms with Gasteiger partial charge in [0.25, 0.3) is 11.8 Å². The number of carbonyl (C=O) groups is 2. The molecule has 4 nitrogen and oxygen atoms in total. The van der Waals surface area contributed by atoms with Crippen LogP contribution in [-0.4, -0.2) is 11.8 Å².